The van der Waals surface area contributed by atoms with Crippen LogP contribution in [0.5, 0.6) is 0 Å². The van der Waals surface area contributed by atoms with Crippen LogP contribution in [0.3, 0.4) is 0 Å². The first-order chi connectivity index (χ1) is 8.04. The second kappa shape index (κ2) is 4.67. The van der Waals surface area contributed by atoms with Crippen molar-refractivity contribution in [3.63, 3.8) is 0 Å². The molecule has 0 unspecified atom stereocenters. The number of hydrogen-bond acceptors (Lipinski definition) is 3. The number of rotatable bonds is 3. The molecule has 0 amide bonds. The fourth-order valence-electron chi connectivity index (χ4n) is 1.44. The van der Waals surface area contributed by atoms with Gasteiger partial charge in [0.05, 0.1) is 0 Å². The summed E-state index contributed by atoms with van der Waals surface area (Å²) in [4.78, 5) is 8.41. The number of nitrogens with zero attached hydrogens (tertiary/aromatic N) is 3. The maximum absolute atomic E-state index is 4.40. The quantitative estimate of drug-likeness (QED) is 0.878. The van der Waals surface area contributed by atoms with Crippen LogP contribution >= 0.6 is 0 Å². The van der Waals surface area contributed by atoms with Crippen molar-refractivity contribution in [2.75, 3.05) is 0 Å². The molecule has 2 rings (SSSR count). The second-order valence-electron chi connectivity index (χ2n) is 5.10. The van der Waals surface area contributed by atoms with E-state index in [4.69, 9.17) is 0 Å². The van der Waals surface area contributed by atoms with Crippen LogP contribution in [0.2, 0.25) is 0 Å². The Morgan fingerprint density at radius 3 is 2.65 bits per heavy atom. The SMILES string of the molecule is CC(C)(C)NCc1ccc(-n2ccnc2)nc1. The Balaban J connectivity index is 2.04. The van der Waals surface area contributed by atoms with Gasteiger partial charge in [-0.25, -0.2) is 9.97 Å². The minimum Gasteiger partial charge on any atom is -0.308 e. The van der Waals surface area contributed by atoms with E-state index in [1.165, 1.54) is 5.56 Å². The summed E-state index contributed by atoms with van der Waals surface area (Å²) in [7, 11) is 0. The lowest BCUT2D eigenvalue weighted by Crippen LogP contribution is -2.35. The van der Waals surface area contributed by atoms with E-state index in [1.54, 1.807) is 12.5 Å². The third-order valence-electron chi connectivity index (χ3n) is 2.40. The summed E-state index contributed by atoms with van der Waals surface area (Å²) < 4.78 is 1.89. The third kappa shape index (κ3) is 3.39. The summed E-state index contributed by atoms with van der Waals surface area (Å²) in [5.74, 6) is 0.891. The first kappa shape index (κ1) is 11.8. The first-order valence-electron chi connectivity index (χ1n) is 5.73. The Morgan fingerprint density at radius 2 is 2.12 bits per heavy atom. The van der Waals surface area contributed by atoms with Crippen LogP contribution in [-0.2, 0) is 6.54 Å². The molecule has 0 spiro atoms. The van der Waals surface area contributed by atoms with Crippen molar-refractivity contribution >= 4 is 0 Å². The van der Waals surface area contributed by atoms with Crippen LogP contribution in [0.15, 0.2) is 37.1 Å². The molecule has 1 N–H and O–H groups in total. The van der Waals surface area contributed by atoms with E-state index in [1.807, 2.05) is 23.0 Å². The van der Waals surface area contributed by atoms with Crippen LogP contribution in [-0.4, -0.2) is 20.1 Å². The zero-order valence-corrected chi connectivity index (χ0v) is 10.5. The highest BCUT2D eigenvalue weighted by Gasteiger charge is 2.08. The average molecular weight is 230 g/mol. The van der Waals surface area contributed by atoms with Gasteiger partial charge in [-0.3, -0.25) is 4.57 Å². The predicted molar refractivity (Wildman–Crippen MR) is 68.0 cm³/mol. The van der Waals surface area contributed by atoms with Crippen molar-refractivity contribution in [1.82, 2.24) is 19.9 Å². The van der Waals surface area contributed by atoms with E-state index in [9.17, 15) is 0 Å². The number of hydrogen-bond donors (Lipinski definition) is 1. The molecular weight excluding hydrogens is 212 g/mol. The highest BCUT2D eigenvalue weighted by molar-refractivity contribution is 5.25. The molecule has 0 atom stereocenters. The molecule has 0 aliphatic heterocycles. The number of nitrogens with one attached hydrogen (secondary N) is 1. The van der Waals surface area contributed by atoms with Crippen molar-refractivity contribution in [2.45, 2.75) is 32.9 Å². The highest BCUT2D eigenvalue weighted by atomic mass is 15.1. The summed E-state index contributed by atoms with van der Waals surface area (Å²) in [5.41, 5.74) is 1.31. The van der Waals surface area contributed by atoms with Crippen molar-refractivity contribution in [3.8, 4) is 5.82 Å². The van der Waals surface area contributed by atoms with Crippen molar-refractivity contribution in [1.29, 1.82) is 0 Å². The van der Waals surface area contributed by atoms with Gasteiger partial charge in [-0.05, 0) is 32.4 Å². The van der Waals surface area contributed by atoms with E-state index in [-0.39, 0.29) is 5.54 Å². The molecule has 2 aromatic rings. The molecule has 0 aliphatic rings. The summed E-state index contributed by atoms with van der Waals surface area (Å²) >= 11 is 0. The molecule has 4 nitrogen and oxygen atoms in total. The summed E-state index contributed by atoms with van der Waals surface area (Å²) in [6, 6.07) is 4.09. The number of pyridine rings is 1. The van der Waals surface area contributed by atoms with E-state index >= 15 is 0 Å². The van der Waals surface area contributed by atoms with Gasteiger partial charge in [0, 0.05) is 30.7 Å². The molecule has 0 saturated heterocycles. The molecule has 17 heavy (non-hydrogen) atoms. The fourth-order valence-corrected chi connectivity index (χ4v) is 1.44. The molecular formula is C13H18N4. The van der Waals surface area contributed by atoms with Crippen LogP contribution < -0.4 is 5.32 Å². The van der Waals surface area contributed by atoms with Crippen LogP contribution in [0, 0.1) is 0 Å². The molecule has 0 aliphatic carbocycles. The van der Waals surface area contributed by atoms with Gasteiger partial charge in [-0.1, -0.05) is 6.07 Å². The molecule has 0 aromatic carbocycles. The summed E-state index contributed by atoms with van der Waals surface area (Å²) in [5, 5.41) is 3.43. The minimum absolute atomic E-state index is 0.128. The Kier molecular flexibility index (Phi) is 3.24. The normalized spacial score (nSPS) is 11.7. The number of aromatic nitrogens is 3. The van der Waals surface area contributed by atoms with Crippen molar-refractivity contribution in [3.05, 3.63) is 42.6 Å². The van der Waals surface area contributed by atoms with Crippen molar-refractivity contribution < 1.29 is 0 Å². The van der Waals surface area contributed by atoms with Crippen molar-refractivity contribution in [2.24, 2.45) is 0 Å². The second-order valence-corrected chi connectivity index (χ2v) is 5.10. The van der Waals surface area contributed by atoms with Crippen LogP contribution in [0.4, 0.5) is 0 Å². The third-order valence-corrected chi connectivity index (χ3v) is 2.40. The van der Waals surface area contributed by atoms with Crippen LogP contribution in [0.1, 0.15) is 26.3 Å². The van der Waals surface area contributed by atoms with Gasteiger partial charge < -0.3 is 5.32 Å². The molecule has 0 bridgehead atoms. The molecule has 0 radical (unpaired) electrons. The largest absolute Gasteiger partial charge is 0.308 e. The minimum atomic E-state index is 0.128. The lowest BCUT2D eigenvalue weighted by Gasteiger charge is -2.20. The van der Waals surface area contributed by atoms with Gasteiger partial charge in [0.25, 0.3) is 0 Å². The van der Waals surface area contributed by atoms with E-state index in [0.717, 1.165) is 12.4 Å². The maximum atomic E-state index is 4.40. The van der Waals surface area contributed by atoms with Gasteiger partial charge in [0.2, 0.25) is 0 Å². The predicted octanol–water partition coefficient (Wildman–Crippen LogP) is 2.16. The van der Waals surface area contributed by atoms with E-state index in [2.05, 4.69) is 42.1 Å². The topological polar surface area (TPSA) is 42.7 Å². The monoisotopic (exact) mass is 230 g/mol. The fraction of sp³-hybridized carbons (Fsp3) is 0.385. The number of imidazole rings is 1. The lowest BCUT2D eigenvalue weighted by molar-refractivity contribution is 0.424. The van der Waals surface area contributed by atoms with Gasteiger partial charge in [-0.2, -0.15) is 0 Å². The average Bonchev–Trinajstić information content (AvgIpc) is 2.79. The standard InChI is InChI=1S/C13H18N4/c1-13(2,3)16-9-11-4-5-12(15-8-11)17-7-6-14-10-17/h4-8,10,16H,9H2,1-3H3. The summed E-state index contributed by atoms with van der Waals surface area (Å²) in [6.07, 6.45) is 7.27. The molecule has 2 heterocycles. The Morgan fingerprint density at radius 1 is 1.29 bits per heavy atom. The molecule has 4 heteroatoms. The van der Waals surface area contributed by atoms with Gasteiger partial charge in [0.1, 0.15) is 12.1 Å². The van der Waals surface area contributed by atoms with Gasteiger partial charge in [0.15, 0.2) is 0 Å². The molecule has 90 valence electrons. The first-order valence-corrected chi connectivity index (χ1v) is 5.73. The smallest absolute Gasteiger partial charge is 0.137 e. The molecule has 0 fully saturated rings. The lowest BCUT2D eigenvalue weighted by atomic mass is 10.1. The van der Waals surface area contributed by atoms with E-state index < -0.39 is 0 Å². The van der Waals surface area contributed by atoms with E-state index in [0.29, 0.717) is 0 Å². The van der Waals surface area contributed by atoms with Crippen LogP contribution in [0.25, 0.3) is 5.82 Å². The highest BCUT2D eigenvalue weighted by Crippen LogP contribution is 2.07. The zero-order valence-electron chi connectivity index (χ0n) is 10.5. The van der Waals surface area contributed by atoms with Gasteiger partial charge in [-0.15, -0.1) is 0 Å². The summed E-state index contributed by atoms with van der Waals surface area (Å²) in [6.45, 7) is 7.29. The molecule has 2 aromatic heterocycles. The Hall–Kier alpha value is -1.68. The van der Waals surface area contributed by atoms with Gasteiger partial charge >= 0.3 is 0 Å². The zero-order chi connectivity index (χ0) is 12.3. The maximum Gasteiger partial charge on any atom is 0.137 e. The Labute approximate surface area is 102 Å². The Bertz CT molecular complexity index is 451. The molecule has 0 saturated carbocycles.